The van der Waals surface area contributed by atoms with E-state index in [0.717, 1.165) is 19.3 Å². The van der Waals surface area contributed by atoms with Crippen LogP contribution < -0.4 is 0 Å². The van der Waals surface area contributed by atoms with Crippen LogP contribution in [0.1, 0.15) is 51.9 Å². The van der Waals surface area contributed by atoms with Crippen LogP contribution in [0.15, 0.2) is 12.7 Å². The maximum atomic E-state index is 13.3. The zero-order valence-electron chi connectivity index (χ0n) is 16.3. The van der Waals surface area contributed by atoms with Gasteiger partial charge in [0.05, 0.1) is 0 Å². The first-order chi connectivity index (χ1) is 13.7. The SMILES string of the molecule is C=CC(CCCCC)OC(=O)CCCC(=O)OCC(F)(F)C(F)(F)C(F)(F)C(F)F. The smallest absolute Gasteiger partial charge is 0.381 e. The summed E-state index contributed by atoms with van der Waals surface area (Å²) in [5.41, 5.74) is 0. The number of alkyl halides is 8. The fourth-order valence-electron chi connectivity index (χ4n) is 2.14. The highest BCUT2D eigenvalue weighted by Gasteiger charge is 2.75. The first-order valence-corrected chi connectivity index (χ1v) is 9.12. The highest BCUT2D eigenvalue weighted by atomic mass is 19.4. The number of carbonyl (C=O) groups is 2. The van der Waals surface area contributed by atoms with Crippen LogP contribution in [0, 0.1) is 0 Å². The van der Waals surface area contributed by atoms with Crippen molar-refractivity contribution in [3.05, 3.63) is 12.7 Å². The van der Waals surface area contributed by atoms with E-state index in [1.165, 1.54) is 6.08 Å². The number of esters is 2. The molecular weight excluding hydrogens is 432 g/mol. The zero-order chi connectivity index (χ0) is 23.6. The summed E-state index contributed by atoms with van der Waals surface area (Å²) in [6.45, 7) is 2.97. The fraction of sp³-hybridized carbons (Fsp3) is 0.778. The summed E-state index contributed by atoms with van der Waals surface area (Å²) >= 11 is 0. The van der Waals surface area contributed by atoms with Crippen LogP contribution in [-0.4, -0.2) is 48.8 Å². The van der Waals surface area contributed by atoms with Crippen LogP contribution in [0.4, 0.5) is 35.1 Å². The molecule has 0 fully saturated rings. The second-order valence-electron chi connectivity index (χ2n) is 6.48. The number of unbranched alkanes of at least 4 members (excludes halogenated alkanes) is 2. The molecule has 0 spiro atoms. The van der Waals surface area contributed by atoms with Crippen LogP contribution in [0.5, 0.6) is 0 Å². The molecule has 1 atom stereocenters. The highest BCUT2D eigenvalue weighted by molar-refractivity contribution is 5.72. The van der Waals surface area contributed by atoms with Crippen molar-refractivity contribution in [2.24, 2.45) is 0 Å². The average Bonchev–Trinajstić information content (AvgIpc) is 2.65. The van der Waals surface area contributed by atoms with Crippen LogP contribution in [0.3, 0.4) is 0 Å². The largest absolute Gasteiger partial charge is 0.459 e. The monoisotopic (exact) mass is 456 g/mol. The first-order valence-electron chi connectivity index (χ1n) is 9.12. The topological polar surface area (TPSA) is 52.6 Å². The molecule has 1 unspecified atom stereocenters. The summed E-state index contributed by atoms with van der Waals surface area (Å²) in [6, 6.07) is 0. The molecule has 0 aromatic rings. The van der Waals surface area contributed by atoms with Gasteiger partial charge in [-0.1, -0.05) is 32.4 Å². The minimum atomic E-state index is -6.45. The zero-order valence-corrected chi connectivity index (χ0v) is 16.3. The fourth-order valence-corrected chi connectivity index (χ4v) is 2.14. The molecule has 0 aromatic heterocycles. The van der Waals surface area contributed by atoms with Crippen molar-refractivity contribution in [3.63, 3.8) is 0 Å². The summed E-state index contributed by atoms with van der Waals surface area (Å²) in [5.74, 6) is -20.7. The Hall–Kier alpha value is -1.88. The van der Waals surface area contributed by atoms with Gasteiger partial charge < -0.3 is 9.47 Å². The van der Waals surface area contributed by atoms with Gasteiger partial charge in [0.25, 0.3) is 0 Å². The van der Waals surface area contributed by atoms with Gasteiger partial charge in [0.2, 0.25) is 0 Å². The maximum absolute atomic E-state index is 13.3. The molecule has 0 saturated heterocycles. The van der Waals surface area contributed by atoms with Gasteiger partial charge in [-0.05, 0) is 19.3 Å². The molecule has 12 heteroatoms. The van der Waals surface area contributed by atoms with E-state index in [4.69, 9.17) is 4.74 Å². The van der Waals surface area contributed by atoms with Crippen molar-refractivity contribution in [2.45, 2.75) is 82.2 Å². The number of halogens is 8. The predicted octanol–water partition coefficient (Wildman–Crippen LogP) is 5.55. The van der Waals surface area contributed by atoms with E-state index in [2.05, 4.69) is 11.3 Å². The van der Waals surface area contributed by atoms with E-state index < -0.39 is 55.3 Å². The standard InChI is InChI=1S/C18H24F8O4/c1-3-5-6-8-12(4-2)30-14(28)10-7-9-13(27)29-11-16(21,22)18(25,26)17(23,24)15(19)20/h4,12,15H,2-3,5-11H2,1H3. The molecule has 0 heterocycles. The summed E-state index contributed by atoms with van der Waals surface area (Å²) in [6.07, 6.45) is -2.26. The van der Waals surface area contributed by atoms with Crippen molar-refractivity contribution in [3.8, 4) is 0 Å². The molecule has 0 N–H and O–H groups in total. The Kier molecular flexibility index (Phi) is 11.3. The van der Waals surface area contributed by atoms with Gasteiger partial charge in [-0.2, -0.15) is 26.3 Å². The predicted molar refractivity (Wildman–Crippen MR) is 89.9 cm³/mol. The van der Waals surface area contributed by atoms with Gasteiger partial charge in [0.15, 0.2) is 6.61 Å². The molecule has 0 saturated carbocycles. The summed E-state index contributed by atoms with van der Waals surface area (Å²) < 4.78 is 111. The van der Waals surface area contributed by atoms with Crippen molar-refractivity contribution in [1.82, 2.24) is 0 Å². The quantitative estimate of drug-likeness (QED) is 0.140. The lowest BCUT2D eigenvalue weighted by molar-refractivity contribution is -0.344. The van der Waals surface area contributed by atoms with Crippen LogP contribution in [0.25, 0.3) is 0 Å². The Bertz CT molecular complexity index is 566. The lowest BCUT2D eigenvalue weighted by Gasteiger charge is -2.31. The Morgan fingerprint density at radius 2 is 1.53 bits per heavy atom. The van der Waals surface area contributed by atoms with Crippen molar-refractivity contribution in [2.75, 3.05) is 6.61 Å². The Morgan fingerprint density at radius 1 is 0.967 bits per heavy atom. The molecule has 0 bridgehead atoms. The highest BCUT2D eigenvalue weighted by Crippen LogP contribution is 2.48. The normalized spacial score (nSPS) is 13.8. The lowest BCUT2D eigenvalue weighted by atomic mass is 10.1. The van der Waals surface area contributed by atoms with E-state index in [1.54, 1.807) is 0 Å². The Labute approximate surface area is 168 Å². The van der Waals surface area contributed by atoms with Crippen molar-refractivity contribution in [1.29, 1.82) is 0 Å². The number of hydrogen-bond donors (Lipinski definition) is 0. The first kappa shape index (κ1) is 28.1. The molecule has 176 valence electrons. The minimum absolute atomic E-state index is 0.258. The molecule has 0 amide bonds. The lowest BCUT2D eigenvalue weighted by Crippen LogP contribution is -2.59. The van der Waals surface area contributed by atoms with E-state index in [0.29, 0.717) is 6.42 Å². The minimum Gasteiger partial charge on any atom is -0.459 e. The number of hydrogen-bond acceptors (Lipinski definition) is 4. The van der Waals surface area contributed by atoms with Gasteiger partial charge in [0.1, 0.15) is 6.10 Å². The molecule has 30 heavy (non-hydrogen) atoms. The average molecular weight is 456 g/mol. The molecule has 0 aliphatic heterocycles. The number of carbonyl (C=O) groups excluding carboxylic acids is 2. The number of ether oxygens (including phenoxy) is 2. The van der Waals surface area contributed by atoms with Gasteiger partial charge in [0, 0.05) is 12.8 Å². The Morgan fingerprint density at radius 3 is 2.03 bits per heavy atom. The molecule has 0 aliphatic rings. The molecule has 0 rings (SSSR count). The molecule has 0 aromatic carbocycles. The molecule has 0 radical (unpaired) electrons. The van der Waals surface area contributed by atoms with Crippen molar-refractivity contribution >= 4 is 11.9 Å². The summed E-state index contributed by atoms with van der Waals surface area (Å²) in [7, 11) is 0. The van der Waals surface area contributed by atoms with Gasteiger partial charge >= 0.3 is 36.1 Å². The third kappa shape index (κ3) is 8.10. The van der Waals surface area contributed by atoms with E-state index >= 15 is 0 Å². The third-order valence-electron chi connectivity index (χ3n) is 3.97. The molecule has 0 aliphatic carbocycles. The third-order valence-corrected chi connectivity index (χ3v) is 3.97. The number of rotatable bonds is 15. The second kappa shape index (κ2) is 12.1. The van der Waals surface area contributed by atoms with Crippen LogP contribution >= 0.6 is 0 Å². The van der Waals surface area contributed by atoms with Crippen LogP contribution in [-0.2, 0) is 19.1 Å². The van der Waals surface area contributed by atoms with Crippen LogP contribution in [0.2, 0.25) is 0 Å². The van der Waals surface area contributed by atoms with Crippen molar-refractivity contribution < 1.29 is 54.2 Å². The molecule has 4 nitrogen and oxygen atoms in total. The van der Waals surface area contributed by atoms with E-state index in [-0.39, 0.29) is 12.8 Å². The van der Waals surface area contributed by atoms with E-state index in [9.17, 15) is 44.7 Å². The summed E-state index contributed by atoms with van der Waals surface area (Å²) in [5, 5.41) is 0. The maximum Gasteiger partial charge on any atom is 0.381 e. The van der Waals surface area contributed by atoms with E-state index in [1.807, 2.05) is 6.92 Å². The summed E-state index contributed by atoms with van der Waals surface area (Å²) in [4.78, 5) is 23.0. The Balaban J connectivity index is 4.46. The van der Waals surface area contributed by atoms with Gasteiger partial charge in [-0.3, -0.25) is 9.59 Å². The van der Waals surface area contributed by atoms with Gasteiger partial charge in [-0.15, -0.1) is 0 Å². The second-order valence-corrected chi connectivity index (χ2v) is 6.48. The molecular formula is C18H24F8O4. The van der Waals surface area contributed by atoms with Gasteiger partial charge in [-0.25, -0.2) is 8.78 Å².